The number of anilines is 1. The fourth-order valence-electron chi connectivity index (χ4n) is 3.48. The highest BCUT2D eigenvalue weighted by Gasteiger charge is 2.25. The number of piperidine rings is 1. The first-order chi connectivity index (χ1) is 13.3. The Kier molecular flexibility index (Phi) is 4.66. The Morgan fingerprint density at radius 3 is 3.04 bits per heavy atom. The highest BCUT2D eigenvalue weighted by molar-refractivity contribution is 5.97. The van der Waals surface area contributed by atoms with Crippen LogP contribution in [0.15, 0.2) is 36.9 Å². The zero-order valence-electron chi connectivity index (χ0n) is 14.7. The number of aromatic nitrogens is 4. The van der Waals surface area contributed by atoms with Gasteiger partial charge in [0.15, 0.2) is 5.82 Å². The molecule has 1 amide bonds. The number of pyridine rings is 1. The number of nitriles is 1. The molecule has 1 aliphatic rings. The van der Waals surface area contributed by atoms with Crippen LogP contribution in [-0.4, -0.2) is 49.9 Å². The van der Waals surface area contributed by atoms with Crippen LogP contribution in [0, 0.1) is 11.3 Å². The van der Waals surface area contributed by atoms with Crippen molar-refractivity contribution in [3.63, 3.8) is 0 Å². The number of nitrogens with zero attached hydrogens (tertiary/aromatic N) is 5. The van der Waals surface area contributed by atoms with E-state index in [1.807, 2.05) is 18.3 Å². The molecule has 1 atom stereocenters. The number of rotatable bonds is 4. The minimum Gasteiger partial charge on any atom is -0.379 e. The molecule has 0 aromatic carbocycles. The predicted molar refractivity (Wildman–Crippen MR) is 101 cm³/mol. The molecular weight excluding hydrogens is 342 g/mol. The van der Waals surface area contributed by atoms with Crippen molar-refractivity contribution in [1.29, 1.82) is 5.26 Å². The third kappa shape index (κ3) is 3.44. The van der Waals surface area contributed by atoms with Crippen LogP contribution in [0.4, 0.5) is 5.69 Å². The van der Waals surface area contributed by atoms with Crippen molar-refractivity contribution >= 4 is 22.6 Å². The lowest BCUT2D eigenvalue weighted by molar-refractivity contribution is -0.131. The molecule has 0 radical (unpaired) electrons. The van der Waals surface area contributed by atoms with Gasteiger partial charge in [-0.25, -0.2) is 15.0 Å². The first kappa shape index (κ1) is 17.0. The Hall–Kier alpha value is -3.47. The number of nitrogens with one attached hydrogen (secondary N) is 2. The van der Waals surface area contributed by atoms with Gasteiger partial charge in [-0.15, -0.1) is 0 Å². The summed E-state index contributed by atoms with van der Waals surface area (Å²) < 4.78 is 0. The molecule has 1 aliphatic heterocycles. The maximum Gasteiger partial charge on any atom is 0.236 e. The largest absolute Gasteiger partial charge is 0.379 e. The number of hydrogen-bond acceptors (Lipinski definition) is 6. The van der Waals surface area contributed by atoms with Crippen molar-refractivity contribution in [1.82, 2.24) is 24.8 Å². The zero-order chi connectivity index (χ0) is 18.6. The first-order valence-corrected chi connectivity index (χ1v) is 8.91. The van der Waals surface area contributed by atoms with Crippen molar-refractivity contribution in [2.24, 2.45) is 0 Å². The average Bonchev–Trinajstić information content (AvgIpc) is 3.19. The van der Waals surface area contributed by atoms with E-state index >= 15 is 0 Å². The molecule has 1 fully saturated rings. The third-order valence-electron chi connectivity index (χ3n) is 4.75. The summed E-state index contributed by atoms with van der Waals surface area (Å²) >= 11 is 0. The number of carbonyl (C=O) groups is 1. The van der Waals surface area contributed by atoms with Gasteiger partial charge in [0, 0.05) is 49.3 Å². The van der Waals surface area contributed by atoms with Gasteiger partial charge in [-0.2, -0.15) is 5.26 Å². The van der Waals surface area contributed by atoms with E-state index in [0.717, 1.165) is 35.1 Å². The summed E-state index contributed by atoms with van der Waals surface area (Å²) in [5, 5.41) is 13.3. The summed E-state index contributed by atoms with van der Waals surface area (Å²) in [6.07, 6.45) is 8.78. The summed E-state index contributed by atoms with van der Waals surface area (Å²) in [7, 11) is 0. The SMILES string of the molecule is N#CCC(=O)N1CCC[C@@H](Nc2c(-c3ncccn3)cnc3[nH]ccc23)C1. The van der Waals surface area contributed by atoms with Crippen molar-refractivity contribution in [3.05, 3.63) is 36.9 Å². The van der Waals surface area contributed by atoms with E-state index in [9.17, 15) is 4.79 Å². The fraction of sp³-hybridized carbons (Fsp3) is 0.316. The molecule has 0 saturated carbocycles. The van der Waals surface area contributed by atoms with E-state index < -0.39 is 0 Å². The topological polar surface area (TPSA) is 111 Å². The quantitative estimate of drug-likeness (QED) is 0.738. The Morgan fingerprint density at radius 1 is 1.37 bits per heavy atom. The van der Waals surface area contributed by atoms with Gasteiger partial charge in [-0.1, -0.05) is 0 Å². The maximum atomic E-state index is 12.1. The molecule has 1 saturated heterocycles. The molecule has 3 aromatic heterocycles. The molecule has 0 unspecified atom stereocenters. The minimum atomic E-state index is -0.114. The maximum absolute atomic E-state index is 12.1. The minimum absolute atomic E-state index is 0.0763. The van der Waals surface area contributed by atoms with E-state index in [1.165, 1.54) is 0 Å². The summed E-state index contributed by atoms with van der Waals surface area (Å²) in [6, 6.07) is 5.77. The van der Waals surface area contributed by atoms with Gasteiger partial charge in [0.05, 0.1) is 17.3 Å². The number of carbonyl (C=O) groups excluding carboxylic acids is 1. The highest BCUT2D eigenvalue weighted by atomic mass is 16.2. The van der Waals surface area contributed by atoms with Crippen LogP contribution < -0.4 is 5.32 Å². The second kappa shape index (κ2) is 7.41. The number of amides is 1. The monoisotopic (exact) mass is 361 g/mol. The average molecular weight is 361 g/mol. The molecule has 0 aliphatic carbocycles. The summed E-state index contributed by atoms with van der Waals surface area (Å²) in [5.74, 6) is 0.487. The summed E-state index contributed by atoms with van der Waals surface area (Å²) in [6.45, 7) is 1.27. The Morgan fingerprint density at radius 2 is 2.22 bits per heavy atom. The number of H-pyrrole nitrogens is 1. The lowest BCUT2D eigenvalue weighted by atomic mass is 10.0. The highest BCUT2D eigenvalue weighted by Crippen LogP contribution is 2.32. The molecular formula is C19H19N7O. The molecule has 0 bridgehead atoms. The lowest BCUT2D eigenvalue weighted by Crippen LogP contribution is -2.45. The number of hydrogen-bond donors (Lipinski definition) is 2. The van der Waals surface area contributed by atoms with Crippen molar-refractivity contribution in [3.8, 4) is 17.5 Å². The predicted octanol–water partition coefficient (Wildman–Crippen LogP) is 2.34. The van der Waals surface area contributed by atoms with Crippen LogP contribution >= 0.6 is 0 Å². The second-order valence-corrected chi connectivity index (χ2v) is 6.52. The molecule has 4 rings (SSSR count). The van der Waals surface area contributed by atoms with Gasteiger partial charge in [0.1, 0.15) is 12.1 Å². The van der Waals surface area contributed by atoms with Gasteiger partial charge < -0.3 is 15.2 Å². The van der Waals surface area contributed by atoms with Crippen LogP contribution in [0.2, 0.25) is 0 Å². The normalized spacial score (nSPS) is 16.9. The van der Waals surface area contributed by atoms with Crippen molar-refractivity contribution in [2.75, 3.05) is 18.4 Å². The molecule has 3 aromatic rings. The van der Waals surface area contributed by atoms with E-state index in [1.54, 1.807) is 29.6 Å². The van der Waals surface area contributed by atoms with Crippen molar-refractivity contribution in [2.45, 2.75) is 25.3 Å². The number of fused-ring (bicyclic) bond motifs is 1. The molecule has 4 heterocycles. The van der Waals surface area contributed by atoms with E-state index in [2.05, 4.69) is 25.3 Å². The first-order valence-electron chi connectivity index (χ1n) is 8.91. The van der Waals surface area contributed by atoms with Gasteiger partial charge in [0.25, 0.3) is 0 Å². The van der Waals surface area contributed by atoms with Crippen LogP contribution in [0.5, 0.6) is 0 Å². The van der Waals surface area contributed by atoms with E-state index in [4.69, 9.17) is 5.26 Å². The number of likely N-dealkylation sites (tertiary alicyclic amines) is 1. The molecule has 8 heteroatoms. The van der Waals surface area contributed by atoms with Gasteiger partial charge in [-0.3, -0.25) is 4.79 Å². The van der Waals surface area contributed by atoms with Crippen LogP contribution in [-0.2, 0) is 4.79 Å². The van der Waals surface area contributed by atoms with Crippen LogP contribution in [0.1, 0.15) is 19.3 Å². The molecule has 8 nitrogen and oxygen atoms in total. The Balaban J connectivity index is 1.66. The Bertz CT molecular complexity index is 992. The van der Waals surface area contributed by atoms with E-state index in [-0.39, 0.29) is 18.4 Å². The van der Waals surface area contributed by atoms with Crippen molar-refractivity contribution < 1.29 is 4.79 Å². The third-order valence-corrected chi connectivity index (χ3v) is 4.75. The smallest absolute Gasteiger partial charge is 0.236 e. The fourth-order valence-corrected chi connectivity index (χ4v) is 3.48. The molecule has 136 valence electrons. The zero-order valence-corrected chi connectivity index (χ0v) is 14.7. The van der Waals surface area contributed by atoms with Gasteiger partial charge in [0.2, 0.25) is 5.91 Å². The standard InChI is InChI=1S/C19H19N7O/c20-6-4-16(27)26-10-1-3-13(12-26)25-17-14-5-9-23-18(14)24-11-15(17)19-21-7-2-8-22-19/h2,5,7-9,11,13H,1,3-4,10,12H2,(H2,23,24,25)/t13-/m1/s1. The second-order valence-electron chi connectivity index (χ2n) is 6.52. The van der Waals surface area contributed by atoms with Gasteiger partial charge >= 0.3 is 0 Å². The molecule has 2 N–H and O–H groups in total. The summed E-state index contributed by atoms with van der Waals surface area (Å²) in [4.78, 5) is 30.2. The number of aromatic amines is 1. The lowest BCUT2D eigenvalue weighted by Gasteiger charge is -2.33. The van der Waals surface area contributed by atoms with Gasteiger partial charge in [-0.05, 0) is 25.0 Å². The summed E-state index contributed by atoms with van der Waals surface area (Å²) in [5.41, 5.74) is 2.51. The molecule has 27 heavy (non-hydrogen) atoms. The van der Waals surface area contributed by atoms with E-state index in [0.29, 0.717) is 18.9 Å². The Labute approximate surface area is 156 Å². The van der Waals surface area contributed by atoms with Crippen LogP contribution in [0.3, 0.4) is 0 Å². The van der Waals surface area contributed by atoms with Crippen LogP contribution in [0.25, 0.3) is 22.4 Å². The molecule has 0 spiro atoms.